The van der Waals surface area contributed by atoms with Crippen LogP contribution in [-0.2, 0) is 12.7 Å². The van der Waals surface area contributed by atoms with Crippen LogP contribution in [0.25, 0.3) is 0 Å². The molecule has 1 aromatic carbocycles. The molecule has 9 heteroatoms. The normalized spacial score (nSPS) is 11.2. The molecule has 0 aliphatic carbocycles. The summed E-state index contributed by atoms with van der Waals surface area (Å²) in [5.41, 5.74) is 0.0525. The maximum Gasteiger partial charge on any atom is 0.416 e. The molecule has 2 N–H and O–H groups in total. The minimum absolute atomic E-state index is 0.000867. The SMILES string of the molecule is O=C(NCc1cccnc1Oc1cccc(C(F)(F)F)c1)c1cn[nH]c1. The lowest BCUT2D eigenvalue weighted by atomic mass is 10.2. The van der Waals surface area contributed by atoms with Crippen LogP contribution in [0.3, 0.4) is 0 Å². The number of alkyl halides is 3. The van der Waals surface area contributed by atoms with Gasteiger partial charge in [-0.2, -0.15) is 18.3 Å². The first-order valence-electron chi connectivity index (χ1n) is 7.49. The van der Waals surface area contributed by atoms with Gasteiger partial charge in [0, 0.05) is 24.5 Å². The van der Waals surface area contributed by atoms with Gasteiger partial charge < -0.3 is 10.1 Å². The zero-order chi connectivity index (χ0) is 18.6. The Morgan fingerprint density at radius 3 is 2.81 bits per heavy atom. The van der Waals surface area contributed by atoms with Crippen LogP contribution >= 0.6 is 0 Å². The lowest BCUT2D eigenvalue weighted by molar-refractivity contribution is -0.137. The molecule has 0 saturated heterocycles. The number of carbonyl (C=O) groups excluding carboxylic acids is 1. The van der Waals surface area contributed by atoms with Gasteiger partial charge in [0.1, 0.15) is 5.75 Å². The van der Waals surface area contributed by atoms with E-state index in [4.69, 9.17) is 4.74 Å². The Labute approximate surface area is 146 Å². The van der Waals surface area contributed by atoms with E-state index < -0.39 is 11.7 Å². The summed E-state index contributed by atoms with van der Waals surface area (Å²) in [6.07, 6.45) is -0.202. The molecule has 2 heterocycles. The van der Waals surface area contributed by atoms with Crippen LogP contribution < -0.4 is 10.1 Å². The second kappa shape index (κ2) is 7.26. The highest BCUT2D eigenvalue weighted by Crippen LogP contribution is 2.32. The molecule has 6 nitrogen and oxygen atoms in total. The molecule has 0 atom stereocenters. The Balaban J connectivity index is 1.74. The van der Waals surface area contributed by atoms with E-state index in [2.05, 4.69) is 20.5 Å². The topological polar surface area (TPSA) is 79.9 Å². The van der Waals surface area contributed by atoms with Crippen molar-refractivity contribution in [1.82, 2.24) is 20.5 Å². The van der Waals surface area contributed by atoms with Gasteiger partial charge in [-0.1, -0.05) is 12.1 Å². The largest absolute Gasteiger partial charge is 0.439 e. The highest BCUT2D eigenvalue weighted by atomic mass is 19.4. The van der Waals surface area contributed by atoms with E-state index >= 15 is 0 Å². The molecule has 0 bridgehead atoms. The van der Waals surface area contributed by atoms with Gasteiger partial charge in [-0.05, 0) is 24.3 Å². The number of benzene rings is 1. The molecule has 134 valence electrons. The standard InChI is InChI=1S/C17H13F3N4O2/c18-17(19,20)13-4-1-5-14(7-13)26-16-11(3-2-6-21-16)8-22-15(25)12-9-23-24-10-12/h1-7,9-10H,8H2,(H,22,25)(H,23,24). The third kappa shape index (κ3) is 4.18. The number of H-pyrrole nitrogens is 1. The molecule has 2 aromatic heterocycles. The van der Waals surface area contributed by atoms with Crippen molar-refractivity contribution >= 4 is 5.91 Å². The monoisotopic (exact) mass is 362 g/mol. The number of amides is 1. The summed E-state index contributed by atoms with van der Waals surface area (Å²) >= 11 is 0. The molecule has 3 aromatic rings. The minimum atomic E-state index is -4.47. The van der Waals surface area contributed by atoms with E-state index in [1.165, 1.54) is 30.7 Å². The smallest absolute Gasteiger partial charge is 0.416 e. The number of carbonyl (C=O) groups is 1. The van der Waals surface area contributed by atoms with Crippen molar-refractivity contribution in [3.05, 3.63) is 71.7 Å². The first-order valence-corrected chi connectivity index (χ1v) is 7.49. The summed E-state index contributed by atoms with van der Waals surface area (Å²) in [7, 11) is 0. The molecule has 0 aliphatic heterocycles. The Bertz CT molecular complexity index is 895. The summed E-state index contributed by atoms with van der Waals surface area (Å²) < 4.78 is 43.9. The van der Waals surface area contributed by atoms with Gasteiger partial charge in [-0.25, -0.2) is 4.98 Å². The number of nitrogens with one attached hydrogen (secondary N) is 2. The van der Waals surface area contributed by atoms with Gasteiger partial charge >= 0.3 is 6.18 Å². The Hall–Kier alpha value is -3.36. The molecule has 0 aliphatic rings. The first-order chi connectivity index (χ1) is 12.4. The number of rotatable bonds is 5. The Kier molecular flexibility index (Phi) is 4.87. The number of halogens is 3. The van der Waals surface area contributed by atoms with Crippen molar-refractivity contribution in [2.24, 2.45) is 0 Å². The second-order valence-electron chi connectivity index (χ2n) is 5.26. The van der Waals surface area contributed by atoms with Crippen molar-refractivity contribution in [3.63, 3.8) is 0 Å². The molecule has 26 heavy (non-hydrogen) atoms. The number of nitrogens with zero attached hydrogens (tertiary/aromatic N) is 2. The van der Waals surface area contributed by atoms with E-state index in [9.17, 15) is 18.0 Å². The van der Waals surface area contributed by atoms with Gasteiger partial charge in [0.25, 0.3) is 5.91 Å². The molecule has 0 unspecified atom stereocenters. The van der Waals surface area contributed by atoms with Crippen LogP contribution in [0, 0.1) is 0 Å². The van der Waals surface area contributed by atoms with Gasteiger partial charge in [-0.15, -0.1) is 0 Å². The van der Waals surface area contributed by atoms with E-state index in [1.54, 1.807) is 12.1 Å². The molecule has 0 fully saturated rings. The summed E-state index contributed by atoms with van der Waals surface area (Å²) in [4.78, 5) is 16.0. The fraction of sp³-hybridized carbons (Fsp3) is 0.118. The highest BCUT2D eigenvalue weighted by Gasteiger charge is 2.30. The summed E-state index contributed by atoms with van der Waals surface area (Å²) in [5, 5.41) is 8.88. The lowest BCUT2D eigenvalue weighted by Crippen LogP contribution is -2.22. The maximum atomic E-state index is 12.8. The zero-order valence-electron chi connectivity index (χ0n) is 13.2. The van der Waals surface area contributed by atoms with Gasteiger partial charge in [0.05, 0.1) is 17.3 Å². The molecule has 0 saturated carbocycles. The van der Waals surface area contributed by atoms with E-state index in [0.717, 1.165) is 12.1 Å². The zero-order valence-corrected chi connectivity index (χ0v) is 13.2. The van der Waals surface area contributed by atoms with E-state index in [1.807, 2.05) is 0 Å². The summed E-state index contributed by atoms with van der Waals surface area (Å²) in [5.74, 6) is -0.243. The number of hydrogen-bond acceptors (Lipinski definition) is 4. The molecule has 1 amide bonds. The lowest BCUT2D eigenvalue weighted by Gasteiger charge is -2.12. The fourth-order valence-corrected chi connectivity index (χ4v) is 2.15. The number of pyridine rings is 1. The second-order valence-corrected chi connectivity index (χ2v) is 5.26. The van der Waals surface area contributed by atoms with Gasteiger partial charge in [-0.3, -0.25) is 9.89 Å². The summed E-state index contributed by atoms with van der Waals surface area (Å²) in [6, 6.07) is 7.79. The quantitative estimate of drug-likeness (QED) is 0.728. The molecular formula is C17H13F3N4O2. The average molecular weight is 362 g/mol. The minimum Gasteiger partial charge on any atom is -0.439 e. The van der Waals surface area contributed by atoms with Gasteiger partial charge in [0.2, 0.25) is 5.88 Å². The fourth-order valence-electron chi connectivity index (χ4n) is 2.15. The third-order valence-corrected chi connectivity index (χ3v) is 3.43. The van der Waals surface area contributed by atoms with Crippen molar-refractivity contribution < 1.29 is 22.7 Å². The Morgan fingerprint density at radius 2 is 2.08 bits per heavy atom. The van der Waals surface area contributed by atoms with Crippen molar-refractivity contribution in [2.45, 2.75) is 12.7 Å². The molecular weight excluding hydrogens is 349 g/mol. The first kappa shape index (κ1) is 17.5. The molecule has 0 radical (unpaired) electrons. The molecule has 0 spiro atoms. The van der Waals surface area contributed by atoms with Crippen molar-refractivity contribution in [2.75, 3.05) is 0 Å². The van der Waals surface area contributed by atoms with Crippen LogP contribution in [0.1, 0.15) is 21.5 Å². The summed E-state index contributed by atoms with van der Waals surface area (Å²) in [6.45, 7) is 0.0894. The predicted octanol–water partition coefficient (Wildman–Crippen LogP) is 3.55. The number of aromatic nitrogens is 3. The van der Waals surface area contributed by atoms with Crippen LogP contribution in [0.15, 0.2) is 55.0 Å². The highest BCUT2D eigenvalue weighted by molar-refractivity contribution is 5.93. The Morgan fingerprint density at radius 1 is 1.23 bits per heavy atom. The van der Waals surface area contributed by atoms with Crippen LogP contribution in [0.4, 0.5) is 13.2 Å². The third-order valence-electron chi connectivity index (χ3n) is 3.43. The van der Waals surface area contributed by atoms with E-state index in [0.29, 0.717) is 11.1 Å². The predicted molar refractivity (Wildman–Crippen MR) is 85.5 cm³/mol. The van der Waals surface area contributed by atoms with Crippen LogP contribution in [-0.4, -0.2) is 21.1 Å². The van der Waals surface area contributed by atoms with Crippen molar-refractivity contribution in [1.29, 1.82) is 0 Å². The number of hydrogen-bond donors (Lipinski definition) is 2. The molecule has 3 rings (SSSR count). The number of ether oxygens (including phenoxy) is 1. The van der Waals surface area contributed by atoms with Crippen LogP contribution in [0.5, 0.6) is 11.6 Å². The van der Waals surface area contributed by atoms with Crippen LogP contribution in [0.2, 0.25) is 0 Å². The maximum absolute atomic E-state index is 12.8. The average Bonchev–Trinajstić information content (AvgIpc) is 3.15. The van der Waals surface area contributed by atoms with Crippen molar-refractivity contribution in [3.8, 4) is 11.6 Å². The van der Waals surface area contributed by atoms with E-state index in [-0.39, 0.29) is 24.1 Å². The van der Waals surface area contributed by atoms with Gasteiger partial charge in [0.15, 0.2) is 0 Å². The number of aromatic amines is 1.